The maximum absolute atomic E-state index is 9.29. The molecule has 0 aliphatic heterocycles. The number of aliphatic hydroxyl groups excluding tert-OH is 1. The lowest BCUT2D eigenvalue weighted by atomic mass is 10.1. The summed E-state index contributed by atoms with van der Waals surface area (Å²) in [6, 6.07) is 7.98. The third-order valence-electron chi connectivity index (χ3n) is 3.27. The van der Waals surface area contributed by atoms with Crippen LogP contribution in [0.3, 0.4) is 0 Å². The topological polar surface area (TPSA) is 60.2 Å². The minimum absolute atomic E-state index is 0.258. The molecule has 5 nitrogen and oxygen atoms in total. The molecule has 0 spiro atoms. The Hall–Kier alpha value is -1.88. The first-order chi connectivity index (χ1) is 10.2. The van der Waals surface area contributed by atoms with E-state index in [1.165, 1.54) is 5.56 Å². The van der Waals surface area contributed by atoms with E-state index in [1.807, 2.05) is 35.9 Å². The smallest absolute Gasteiger partial charge is 0.164 e. The van der Waals surface area contributed by atoms with Crippen molar-refractivity contribution in [1.29, 1.82) is 0 Å². The van der Waals surface area contributed by atoms with Gasteiger partial charge in [-0.3, -0.25) is 0 Å². The van der Waals surface area contributed by atoms with Crippen LogP contribution >= 0.6 is 0 Å². The number of benzene rings is 1. The Morgan fingerprint density at radius 1 is 1.29 bits per heavy atom. The molecule has 114 valence electrons. The van der Waals surface area contributed by atoms with Crippen molar-refractivity contribution < 1.29 is 9.84 Å². The Morgan fingerprint density at radius 3 is 2.71 bits per heavy atom. The molecule has 2 rings (SSSR count). The number of aliphatic hydroxyl groups is 1. The molecule has 1 unspecified atom stereocenters. The maximum atomic E-state index is 9.29. The molecule has 0 aliphatic rings. The molecule has 1 heterocycles. The SMILES string of the molecule is CCCn1ncnc1COc1ccc(CCC(C)O)cc1. The molecule has 0 bridgehead atoms. The van der Waals surface area contributed by atoms with E-state index in [1.54, 1.807) is 6.33 Å². The Balaban J connectivity index is 1.87. The van der Waals surface area contributed by atoms with E-state index >= 15 is 0 Å². The number of rotatable bonds is 8. The van der Waals surface area contributed by atoms with Crippen LogP contribution in [0.4, 0.5) is 0 Å². The summed E-state index contributed by atoms with van der Waals surface area (Å²) >= 11 is 0. The van der Waals surface area contributed by atoms with Gasteiger partial charge in [0.25, 0.3) is 0 Å². The number of aromatic nitrogens is 3. The maximum Gasteiger partial charge on any atom is 0.164 e. The summed E-state index contributed by atoms with van der Waals surface area (Å²) in [6.07, 6.45) is 3.98. The van der Waals surface area contributed by atoms with Gasteiger partial charge in [0.2, 0.25) is 0 Å². The van der Waals surface area contributed by atoms with Crippen LogP contribution in [0, 0.1) is 0 Å². The van der Waals surface area contributed by atoms with Gasteiger partial charge in [0.05, 0.1) is 6.10 Å². The molecule has 0 saturated carbocycles. The fourth-order valence-electron chi connectivity index (χ4n) is 2.07. The van der Waals surface area contributed by atoms with Crippen LogP contribution in [-0.2, 0) is 19.6 Å². The van der Waals surface area contributed by atoms with Crippen molar-refractivity contribution >= 4 is 0 Å². The van der Waals surface area contributed by atoms with Crippen molar-refractivity contribution in [3.63, 3.8) is 0 Å². The lowest BCUT2D eigenvalue weighted by Gasteiger charge is -2.08. The molecule has 5 heteroatoms. The second-order valence-corrected chi connectivity index (χ2v) is 5.22. The highest BCUT2D eigenvalue weighted by Gasteiger charge is 2.05. The quantitative estimate of drug-likeness (QED) is 0.811. The molecule has 1 aromatic carbocycles. The summed E-state index contributed by atoms with van der Waals surface area (Å²) in [5.41, 5.74) is 1.21. The Kier molecular flexibility index (Phi) is 5.75. The lowest BCUT2D eigenvalue weighted by molar-refractivity contribution is 0.185. The van der Waals surface area contributed by atoms with E-state index in [0.717, 1.165) is 37.4 Å². The molecule has 1 N–H and O–H groups in total. The first-order valence-corrected chi connectivity index (χ1v) is 7.45. The predicted octanol–water partition coefficient (Wildman–Crippen LogP) is 2.58. The third kappa shape index (κ3) is 4.86. The van der Waals surface area contributed by atoms with Crippen molar-refractivity contribution in [2.45, 2.75) is 52.4 Å². The summed E-state index contributed by atoms with van der Waals surface area (Å²) < 4.78 is 7.62. The minimum atomic E-state index is -0.258. The van der Waals surface area contributed by atoms with Crippen molar-refractivity contribution in [3.05, 3.63) is 42.0 Å². The number of ether oxygens (including phenoxy) is 1. The van der Waals surface area contributed by atoms with Crippen LogP contribution in [0.15, 0.2) is 30.6 Å². The van der Waals surface area contributed by atoms with Gasteiger partial charge in [-0.05, 0) is 43.9 Å². The zero-order chi connectivity index (χ0) is 15.1. The normalized spacial score (nSPS) is 12.3. The molecule has 0 fully saturated rings. The molecule has 1 atom stereocenters. The molecule has 0 aliphatic carbocycles. The molecule has 2 aromatic rings. The van der Waals surface area contributed by atoms with Gasteiger partial charge in [-0.2, -0.15) is 5.10 Å². The van der Waals surface area contributed by atoms with Crippen LogP contribution in [0.2, 0.25) is 0 Å². The van der Waals surface area contributed by atoms with Gasteiger partial charge in [0.15, 0.2) is 5.82 Å². The van der Waals surface area contributed by atoms with Crippen molar-refractivity contribution in [2.24, 2.45) is 0 Å². The summed E-state index contributed by atoms with van der Waals surface area (Å²) in [6.45, 7) is 5.20. The van der Waals surface area contributed by atoms with E-state index in [4.69, 9.17) is 4.74 Å². The first kappa shape index (κ1) is 15.5. The van der Waals surface area contributed by atoms with Gasteiger partial charge in [-0.25, -0.2) is 9.67 Å². The first-order valence-electron chi connectivity index (χ1n) is 7.45. The summed E-state index contributed by atoms with van der Waals surface area (Å²) in [5.74, 6) is 1.66. The van der Waals surface area contributed by atoms with Crippen LogP contribution in [0.5, 0.6) is 5.75 Å². The molecular formula is C16H23N3O2. The average Bonchev–Trinajstić information content (AvgIpc) is 2.92. The second kappa shape index (κ2) is 7.78. The second-order valence-electron chi connectivity index (χ2n) is 5.22. The molecular weight excluding hydrogens is 266 g/mol. The summed E-state index contributed by atoms with van der Waals surface area (Å²) in [7, 11) is 0. The number of nitrogens with zero attached hydrogens (tertiary/aromatic N) is 3. The average molecular weight is 289 g/mol. The Labute approximate surface area is 125 Å². The molecule has 0 radical (unpaired) electrons. The zero-order valence-electron chi connectivity index (χ0n) is 12.7. The molecule has 0 amide bonds. The molecule has 1 aromatic heterocycles. The third-order valence-corrected chi connectivity index (χ3v) is 3.27. The van der Waals surface area contributed by atoms with Crippen LogP contribution in [-0.4, -0.2) is 26.0 Å². The van der Waals surface area contributed by atoms with Gasteiger partial charge in [-0.15, -0.1) is 0 Å². The van der Waals surface area contributed by atoms with E-state index < -0.39 is 0 Å². The number of hydrogen-bond donors (Lipinski definition) is 1. The summed E-state index contributed by atoms with van der Waals surface area (Å²) in [5, 5.41) is 13.5. The van der Waals surface area contributed by atoms with Crippen LogP contribution in [0.25, 0.3) is 0 Å². The zero-order valence-corrected chi connectivity index (χ0v) is 12.7. The largest absolute Gasteiger partial charge is 0.486 e. The van der Waals surface area contributed by atoms with Gasteiger partial charge in [-0.1, -0.05) is 19.1 Å². The van der Waals surface area contributed by atoms with Crippen molar-refractivity contribution in [2.75, 3.05) is 0 Å². The fraction of sp³-hybridized carbons (Fsp3) is 0.500. The fourth-order valence-corrected chi connectivity index (χ4v) is 2.07. The number of aryl methyl sites for hydroxylation is 2. The molecule has 0 saturated heterocycles. The highest BCUT2D eigenvalue weighted by atomic mass is 16.5. The van der Waals surface area contributed by atoms with E-state index in [9.17, 15) is 5.11 Å². The highest BCUT2D eigenvalue weighted by molar-refractivity contribution is 5.27. The minimum Gasteiger partial charge on any atom is -0.486 e. The lowest BCUT2D eigenvalue weighted by Crippen LogP contribution is -2.08. The van der Waals surface area contributed by atoms with Crippen molar-refractivity contribution in [1.82, 2.24) is 14.8 Å². The number of hydrogen-bond acceptors (Lipinski definition) is 4. The Bertz CT molecular complexity index is 535. The predicted molar refractivity (Wildman–Crippen MR) is 81.1 cm³/mol. The van der Waals surface area contributed by atoms with Gasteiger partial charge in [0, 0.05) is 6.54 Å². The van der Waals surface area contributed by atoms with Gasteiger partial charge in [0.1, 0.15) is 18.7 Å². The van der Waals surface area contributed by atoms with Crippen molar-refractivity contribution in [3.8, 4) is 5.75 Å². The highest BCUT2D eigenvalue weighted by Crippen LogP contribution is 2.15. The standard InChI is InChI=1S/C16H23N3O2/c1-3-10-19-16(17-12-18-19)11-21-15-8-6-14(7-9-15)5-4-13(2)20/h6-9,12-13,20H,3-5,10-11H2,1-2H3. The van der Waals surface area contributed by atoms with Gasteiger partial charge >= 0.3 is 0 Å². The molecule has 21 heavy (non-hydrogen) atoms. The van der Waals surface area contributed by atoms with Crippen LogP contribution < -0.4 is 4.74 Å². The monoisotopic (exact) mass is 289 g/mol. The van der Waals surface area contributed by atoms with E-state index in [2.05, 4.69) is 17.0 Å². The van der Waals surface area contributed by atoms with E-state index in [-0.39, 0.29) is 6.10 Å². The van der Waals surface area contributed by atoms with Crippen LogP contribution in [0.1, 0.15) is 38.1 Å². The van der Waals surface area contributed by atoms with E-state index in [0.29, 0.717) is 6.61 Å². The summed E-state index contributed by atoms with van der Waals surface area (Å²) in [4.78, 5) is 4.22. The van der Waals surface area contributed by atoms with Gasteiger partial charge < -0.3 is 9.84 Å². The Morgan fingerprint density at radius 2 is 2.05 bits per heavy atom.